The van der Waals surface area contributed by atoms with Crippen LogP contribution in [0.15, 0.2) is 54.6 Å². The van der Waals surface area contributed by atoms with Gasteiger partial charge < -0.3 is 24.4 Å². The summed E-state index contributed by atoms with van der Waals surface area (Å²) < 4.78 is 17.7. The van der Waals surface area contributed by atoms with Gasteiger partial charge in [-0.3, -0.25) is 19.2 Å². The van der Waals surface area contributed by atoms with Gasteiger partial charge in [0.25, 0.3) is 0 Å². The Morgan fingerprint density at radius 3 is 1.95 bits per heavy atom. The van der Waals surface area contributed by atoms with E-state index in [4.69, 9.17) is 14.2 Å². The van der Waals surface area contributed by atoms with E-state index in [1.165, 1.54) is 26.2 Å². The Morgan fingerprint density at radius 2 is 1.42 bits per heavy atom. The summed E-state index contributed by atoms with van der Waals surface area (Å²) in [5.74, 6) is -1.27. The second kappa shape index (κ2) is 16.0. The molecule has 4 aliphatic carbocycles. The van der Waals surface area contributed by atoms with Crippen LogP contribution in [0.3, 0.4) is 0 Å². The maximum Gasteiger partial charge on any atom is 0.312 e. The zero-order valence-corrected chi connectivity index (χ0v) is 34.4. The number of aliphatic carboxylic acids is 1. The molecule has 0 spiro atoms. The predicted octanol–water partition coefficient (Wildman–Crippen LogP) is 9.18. The maximum atomic E-state index is 15.2. The Hall–Kier alpha value is -3.72. The number of aliphatic hydroxyl groups excluding tert-OH is 1. The minimum absolute atomic E-state index is 0.0000565. The third kappa shape index (κ3) is 9.46. The van der Waals surface area contributed by atoms with Crippen LogP contribution in [0, 0.1) is 33.5 Å². The van der Waals surface area contributed by atoms with Crippen LogP contribution in [0.2, 0.25) is 0 Å². The van der Waals surface area contributed by atoms with Gasteiger partial charge in [0.05, 0.1) is 22.9 Å². The van der Waals surface area contributed by atoms with E-state index >= 15 is 4.79 Å². The van der Waals surface area contributed by atoms with E-state index in [1.54, 1.807) is 26.0 Å². The van der Waals surface area contributed by atoms with Gasteiger partial charge in [-0.1, -0.05) is 70.2 Å². The van der Waals surface area contributed by atoms with Crippen molar-refractivity contribution in [2.75, 3.05) is 13.2 Å². The van der Waals surface area contributed by atoms with Gasteiger partial charge in [0.1, 0.15) is 18.0 Å². The molecule has 6 rings (SSSR count). The molecule has 2 aromatic carbocycles. The summed E-state index contributed by atoms with van der Waals surface area (Å²) in [6.07, 6.45) is 7.24. The van der Waals surface area contributed by atoms with Crippen LogP contribution in [-0.4, -0.2) is 52.9 Å². The molecule has 0 amide bonds. The van der Waals surface area contributed by atoms with Gasteiger partial charge in [-0.05, 0) is 143 Å². The number of ether oxygens (including phenoxy) is 3. The molecule has 9 nitrogen and oxygen atoms in total. The van der Waals surface area contributed by atoms with Gasteiger partial charge in [0.2, 0.25) is 0 Å². The summed E-state index contributed by atoms with van der Waals surface area (Å²) in [6, 6.07) is 17.1. The Bertz CT molecular complexity index is 1690. The third-order valence-corrected chi connectivity index (χ3v) is 13.5. The quantitative estimate of drug-likeness (QED) is 0.113. The van der Waals surface area contributed by atoms with Crippen molar-refractivity contribution in [1.82, 2.24) is 0 Å². The van der Waals surface area contributed by atoms with Crippen LogP contribution in [0.4, 0.5) is 0 Å². The second-order valence-corrected chi connectivity index (χ2v) is 19.3. The molecule has 4 aliphatic rings. The van der Waals surface area contributed by atoms with Gasteiger partial charge in [0, 0.05) is 6.92 Å². The number of carbonyl (C=O) groups is 4. The SMILES string of the molecule is CCC(C)(CC(C)(CC(C)(CC(C)(CC(C)c1ccc(OC(C)=O)cc1)C(=O)O)C(=O)OCCO)C(=O)OC12CC3CC(CC(C)(C3)C1)C2)c1ccccc1. The van der Waals surface area contributed by atoms with Crippen molar-refractivity contribution >= 4 is 23.9 Å². The molecule has 0 aliphatic heterocycles. The van der Waals surface area contributed by atoms with Gasteiger partial charge in [-0.25, -0.2) is 0 Å². The summed E-state index contributed by atoms with van der Waals surface area (Å²) in [4.78, 5) is 54.3. The van der Waals surface area contributed by atoms with Crippen LogP contribution in [0.1, 0.15) is 143 Å². The first-order valence-corrected chi connectivity index (χ1v) is 20.3. The number of benzene rings is 2. The molecule has 2 N–H and O–H groups in total. The molecular formula is C46H64O9. The van der Waals surface area contributed by atoms with E-state index < -0.39 is 45.2 Å². The van der Waals surface area contributed by atoms with Crippen molar-refractivity contribution in [2.45, 2.75) is 143 Å². The van der Waals surface area contributed by atoms with Gasteiger partial charge in [0.15, 0.2) is 0 Å². The molecule has 4 bridgehead atoms. The molecule has 9 heteroatoms. The molecule has 0 heterocycles. The Labute approximate surface area is 327 Å². The normalized spacial score (nSPS) is 27.7. The van der Waals surface area contributed by atoms with Gasteiger partial charge in [-0.15, -0.1) is 0 Å². The molecular weight excluding hydrogens is 696 g/mol. The summed E-state index contributed by atoms with van der Waals surface area (Å²) >= 11 is 0. The zero-order valence-electron chi connectivity index (χ0n) is 34.4. The van der Waals surface area contributed by atoms with E-state index in [0.717, 1.165) is 36.8 Å². The highest BCUT2D eigenvalue weighted by Crippen LogP contribution is 2.63. The number of hydrogen-bond acceptors (Lipinski definition) is 8. The van der Waals surface area contributed by atoms with E-state index in [2.05, 4.69) is 32.9 Å². The highest BCUT2D eigenvalue weighted by atomic mass is 16.6. The van der Waals surface area contributed by atoms with E-state index in [1.807, 2.05) is 44.2 Å². The second-order valence-electron chi connectivity index (χ2n) is 19.3. The lowest BCUT2D eigenvalue weighted by atomic mass is 9.48. The molecule has 7 unspecified atom stereocenters. The lowest BCUT2D eigenvalue weighted by Gasteiger charge is -2.60. The van der Waals surface area contributed by atoms with Crippen molar-refractivity contribution in [1.29, 1.82) is 0 Å². The van der Waals surface area contributed by atoms with E-state index in [0.29, 0.717) is 24.0 Å². The molecule has 0 radical (unpaired) electrons. The fourth-order valence-corrected chi connectivity index (χ4v) is 11.7. The number of carbonyl (C=O) groups excluding carboxylic acids is 3. The Morgan fingerprint density at radius 1 is 0.836 bits per heavy atom. The lowest BCUT2D eigenvalue weighted by molar-refractivity contribution is -0.210. The van der Waals surface area contributed by atoms with Crippen LogP contribution in [0.25, 0.3) is 0 Å². The van der Waals surface area contributed by atoms with E-state index in [9.17, 15) is 24.6 Å². The van der Waals surface area contributed by atoms with Crippen molar-refractivity contribution in [3.8, 4) is 5.75 Å². The average molecular weight is 761 g/mol. The minimum atomic E-state index is -1.45. The van der Waals surface area contributed by atoms with Crippen LogP contribution < -0.4 is 4.74 Å². The van der Waals surface area contributed by atoms with Crippen LogP contribution >= 0.6 is 0 Å². The molecule has 4 fully saturated rings. The van der Waals surface area contributed by atoms with Crippen molar-refractivity contribution in [2.24, 2.45) is 33.5 Å². The fourth-order valence-electron chi connectivity index (χ4n) is 11.7. The number of carboxylic acid groups (broad SMARTS) is 1. The summed E-state index contributed by atoms with van der Waals surface area (Å²) in [5.41, 5.74) is -3.03. The standard InChI is InChI=1S/C46H64O9/c1-9-42(5,36-13-11-10-12-14-36)28-45(8,40(52)55-46-25-33-21-34(26-46)24-41(4,23-33)27-46)30-44(7,39(51)53-20-19-47)29-43(6,38(49)50)22-31(2)35-15-17-37(18-16-35)54-32(3)48/h10-18,31,33-34,47H,9,19-30H2,1-8H3,(H,49,50). The first-order chi connectivity index (χ1) is 25.7. The lowest BCUT2D eigenvalue weighted by Crippen LogP contribution is -2.58. The zero-order chi connectivity index (χ0) is 40.5. The number of esters is 3. The molecule has 0 saturated heterocycles. The number of rotatable bonds is 18. The van der Waals surface area contributed by atoms with Crippen molar-refractivity contribution in [3.05, 3.63) is 65.7 Å². The average Bonchev–Trinajstić information content (AvgIpc) is 3.09. The Kier molecular flexibility index (Phi) is 12.4. The topological polar surface area (TPSA) is 136 Å². The number of carboxylic acids is 1. The molecule has 0 aromatic heterocycles. The molecule has 302 valence electrons. The molecule has 7 atom stereocenters. The highest BCUT2D eigenvalue weighted by molar-refractivity contribution is 5.83. The predicted molar refractivity (Wildman–Crippen MR) is 210 cm³/mol. The summed E-state index contributed by atoms with van der Waals surface area (Å²) in [5, 5.41) is 20.6. The van der Waals surface area contributed by atoms with Crippen LogP contribution in [-0.2, 0) is 34.1 Å². The van der Waals surface area contributed by atoms with Crippen molar-refractivity contribution in [3.63, 3.8) is 0 Å². The van der Waals surface area contributed by atoms with Crippen molar-refractivity contribution < 1.29 is 43.6 Å². The van der Waals surface area contributed by atoms with Gasteiger partial charge in [-0.2, -0.15) is 0 Å². The maximum absolute atomic E-state index is 15.2. The Balaban J connectivity index is 1.52. The largest absolute Gasteiger partial charge is 0.481 e. The monoisotopic (exact) mass is 760 g/mol. The van der Waals surface area contributed by atoms with Crippen LogP contribution in [0.5, 0.6) is 5.75 Å². The van der Waals surface area contributed by atoms with E-state index in [-0.39, 0.29) is 49.8 Å². The summed E-state index contributed by atoms with van der Waals surface area (Å²) in [7, 11) is 0. The minimum Gasteiger partial charge on any atom is -0.481 e. The first-order valence-electron chi connectivity index (χ1n) is 20.3. The first kappa shape index (κ1) is 42.4. The number of hydrogen-bond donors (Lipinski definition) is 2. The fraction of sp³-hybridized carbons (Fsp3) is 0.652. The molecule has 2 aromatic rings. The van der Waals surface area contributed by atoms with Gasteiger partial charge >= 0.3 is 23.9 Å². The molecule has 55 heavy (non-hydrogen) atoms. The highest BCUT2D eigenvalue weighted by Gasteiger charge is 2.60. The third-order valence-electron chi connectivity index (χ3n) is 13.5. The summed E-state index contributed by atoms with van der Waals surface area (Å²) in [6.45, 7) is 14.5. The smallest absolute Gasteiger partial charge is 0.312 e. The molecule has 4 saturated carbocycles. The number of aliphatic hydroxyl groups is 1.